The van der Waals surface area contributed by atoms with E-state index < -0.39 is 0 Å². The third-order valence-corrected chi connectivity index (χ3v) is 3.20. The predicted octanol–water partition coefficient (Wildman–Crippen LogP) is 2.83. The smallest absolute Gasteiger partial charge is 0.121 e. The monoisotopic (exact) mass is 272 g/mol. The SMILES string of the molecule is COCc1c(Br)c(C)[nH]c(=S)c1C#N. The molecular weight excluding hydrogens is 264 g/mol. The van der Waals surface area contributed by atoms with E-state index in [0.717, 1.165) is 15.7 Å². The van der Waals surface area contributed by atoms with Gasteiger partial charge in [-0.05, 0) is 22.9 Å². The first-order valence-corrected chi connectivity index (χ1v) is 5.12. The summed E-state index contributed by atoms with van der Waals surface area (Å²) in [5.74, 6) is 0. The first-order valence-electron chi connectivity index (χ1n) is 3.92. The van der Waals surface area contributed by atoms with E-state index in [1.54, 1.807) is 7.11 Å². The maximum atomic E-state index is 8.93. The lowest BCUT2D eigenvalue weighted by Gasteiger charge is -2.08. The van der Waals surface area contributed by atoms with Crippen LogP contribution in [0.5, 0.6) is 0 Å². The molecule has 3 nitrogen and oxygen atoms in total. The van der Waals surface area contributed by atoms with Gasteiger partial charge in [0.15, 0.2) is 0 Å². The second-order valence-corrected chi connectivity index (χ2v) is 3.99. The zero-order valence-electron chi connectivity index (χ0n) is 7.85. The average molecular weight is 273 g/mol. The number of pyridine rings is 1. The number of aromatic amines is 1. The number of nitriles is 1. The minimum atomic E-state index is 0.378. The van der Waals surface area contributed by atoms with E-state index in [4.69, 9.17) is 22.2 Å². The van der Waals surface area contributed by atoms with E-state index in [9.17, 15) is 0 Å². The highest BCUT2D eigenvalue weighted by atomic mass is 79.9. The molecule has 0 atom stereocenters. The Bertz CT molecular complexity index is 447. The highest BCUT2D eigenvalue weighted by Gasteiger charge is 2.11. The van der Waals surface area contributed by atoms with Crippen LogP contribution in [0.15, 0.2) is 4.47 Å². The molecule has 1 rings (SSSR count). The summed E-state index contributed by atoms with van der Waals surface area (Å²) in [5, 5.41) is 8.93. The van der Waals surface area contributed by atoms with Gasteiger partial charge in [0.25, 0.3) is 0 Å². The first-order chi connectivity index (χ1) is 6.61. The molecule has 0 aliphatic heterocycles. The quantitative estimate of drug-likeness (QED) is 0.843. The van der Waals surface area contributed by atoms with Crippen molar-refractivity contribution in [2.24, 2.45) is 0 Å². The molecule has 0 saturated carbocycles. The Morgan fingerprint density at radius 2 is 2.29 bits per heavy atom. The topological polar surface area (TPSA) is 48.8 Å². The van der Waals surface area contributed by atoms with Crippen molar-refractivity contribution >= 4 is 28.1 Å². The van der Waals surface area contributed by atoms with Gasteiger partial charge in [0, 0.05) is 22.8 Å². The first kappa shape index (κ1) is 11.4. The number of aryl methyl sites for hydroxylation is 1. The van der Waals surface area contributed by atoms with Crippen molar-refractivity contribution in [3.63, 3.8) is 0 Å². The van der Waals surface area contributed by atoms with Crippen LogP contribution in [0.2, 0.25) is 0 Å². The molecule has 0 unspecified atom stereocenters. The van der Waals surface area contributed by atoms with Crippen molar-refractivity contribution in [3.05, 3.63) is 25.9 Å². The Hall–Kier alpha value is -0.700. The standard InChI is InChI=1S/C9H9BrN2OS/c1-5-8(10)7(4-13-2)6(3-11)9(14)12-5/h4H2,1-2H3,(H,12,14). The van der Waals surface area contributed by atoms with Crippen molar-refractivity contribution in [1.82, 2.24) is 4.98 Å². The highest BCUT2D eigenvalue weighted by molar-refractivity contribution is 9.10. The molecule has 0 spiro atoms. The number of hydrogen-bond donors (Lipinski definition) is 1. The fourth-order valence-corrected chi connectivity index (χ4v) is 1.89. The van der Waals surface area contributed by atoms with Crippen LogP contribution in [0, 0.1) is 22.9 Å². The highest BCUT2D eigenvalue weighted by Crippen LogP contribution is 2.24. The molecule has 1 heterocycles. The number of hydrogen-bond acceptors (Lipinski definition) is 3. The summed E-state index contributed by atoms with van der Waals surface area (Å²) in [4.78, 5) is 2.95. The van der Waals surface area contributed by atoms with E-state index in [-0.39, 0.29) is 0 Å². The van der Waals surface area contributed by atoms with Gasteiger partial charge in [-0.1, -0.05) is 12.2 Å². The van der Waals surface area contributed by atoms with Crippen LogP contribution < -0.4 is 0 Å². The molecule has 0 amide bonds. The van der Waals surface area contributed by atoms with E-state index in [0.29, 0.717) is 16.8 Å². The molecule has 5 heteroatoms. The van der Waals surface area contributed by atoms with Gasteiger partial charge in [-0.3, -0.25) is 0 Å². The molecule has 14 heavy (non-hydrogen) atoms. The normalized spacial score (nSPS) is 9.86. The van der Waals surface area contributed by atoms with Gasteiger partial charge in [0.2, 0.25) is 0 Å². The average Bonchev–Trinajstić information content (AvgIpc) is 2.14. The van der Waals surface area contributed by atoms with Crippen molar-refractivity contribution in [2.45, 2.75) is 13.5 Å². The fourth-order valence-electron chi connectivity index (χ4n) is 1.16. The van der Waals surface area contributed by atoms with Crippen LogP contribution in [0.3, 0.4) is 0 Å². The Morgan fingerprint density at radius 1 is 1.64 bits per heavy atom. The number of halogens is 1. The summed E-state index contributed by atoms with van der Waals surface area (Å²) in [7, 11) is 1.59. The summed E-state index contributed by atoms with van der Waals surface area (Å²) < 4.78 is 6.33. The minimum absolute atomic E-state index is 0.378. The number of nitrogens with zero attached hydrogens (tertiary/aromatic N) is 1. The molecule has 0 bridgehead atoms. The van der Waals surface area contributed by atoms with Crippen LogP contribution in [0.1, 0.15) is 16.8 Å². The van der Waals surface area contributed by atoms with Crippen molar-refractivity contribution in [2.75, 3.05) is 7.11 Å². The number of H-pyrrole nitrogens is 1. The lowest BCUT2D eigenvalue weighted by Crippen LogP contribution is -1.99. The fraction of sp³-hybridized carbons (Fsp3) is 0.333. The Morgan fingerprint density at radius 3 is 2.79 bits per heavy atom. The third kappa shape index (κ3) is 2.03. The molecule has 0 aliphatic rings. The van der Waals surface area contributed by atoms with E-state index in [1.807, 2.05) is 6.92 Å². The van der Waals surface area contributed by atoms with Crippen LogP contribution in [-0.2, 0) is 11.3 Å². The number of rotatable bonds is 2. The third-order valence-electron chi connectivity index (χ3n) is 1.82. The summed E-state index contributed by atoms with van der Waals surface area (Å²) in [6.07, 6.45) is 0. The van der Waals surface area contributed by atoms with Gasteiger partial charge in [-0.2, -0.15) is 5.26 Å². The van der Waals surface area contributed by atoms with Crippen LogP contribution in [0.4, 0.5) is 0 Å². The molecule has 0 aliphatic carbocycles. The van der Waals surface area contributed by atoms with Crippen LogP contribution >= 0.6 is 28.1 Å². The second kappa shape index (κ2) is 4.69. The van der Waals surface area contributed by atoms with E-state index in [2.05, 4.69) is 27.0 Å². The Labute approximate surface area is 95.8 Å². The summed E-state index contributed by atoms with van der Waals surface area (Å²) in [6.45, 7) is 2.27. The zero-order valence-corrected chi connectivity index (χ0v) is 10.3. The predicted molar refractivity (Wildman–Crippen MR) is 59.5 cm³/mol. The molecule has 0 fully saturated rings. The van der Waals surface area contributed by atoms with Gasteiger partial charge in [0.05, 0.1) is 12.2 Å². The maximum absolute atomic E-state index is 8.93. The maximum Gasteiger partial charge on any atom is 0.121 e. The minimum Gasteiger partial charge on any atom is -0.380 e. The Balaban J connectivity index is 3.50. The zero-order chi connectivity index (χ0) is 10.7. The molecular formula is C9H9BrN2OS. The van der Waals surface area contributed by atoms with Crippen molar-refractivity contribution in [3.8, 4) is 6.07 Å². The van der Waals surface area contributed by atoms with Crippen molar-refractivity contribution < 1.29 is 4.74 Å². The summed E-state index contributed by atoms with van der Waals surface area (Å²) in [5.41, 5.74) is 2.18. The lowest BCUT2D eigenvalue weighted by molar-refractivity contribution is 0.184. The molecule has 1 N–H and O–H groups in total. The lowest BCUT2D eigenvalue weighted by atomic mass is 10.1. The van der Waals surface area contributed by atoms with Gasteiger partial charge in [-0.15, -0.1) is 0 Å². The van der Waals surface area contributed by atoms with Gasteiger partial charge < -0.3 is 9.72 Å². The van der Waals surface area contributed by atoms with Gasteiger partial charge in [0.1, 0.15) is 10.7 Å². The largest absolute Gasteiger partial charge is 0.380 e. The van der Waals surface area contributed by atoms with Gasteiger partial charge >= 0.3 is 0 Å². The van der Waals surface area contributed by atoms with Crippen LogP contribution in [-0.4, -0.2) is 12.1 Å². The summed E-state index contributed by atoms with van der Waals surface area (Å²) >= 11 is 8.44. The van der Waals surface area contributed by atoms with Gasteiger partial charge in [-0.25, -0.2) is 0 Å². The molecule has 1 aromatic heterocycles. The molecule has 0 radical (unpaired) electrons. The number of ether oxygens (including phenoxy) is 1. The van der Waals surface area contributed by atoms with E-state index >= 15 is 0 Å². The number of nitrogens with one attached hydrogen (secondary N) is 1. The van der Waals surface area contributed by atoms with E-state index in [1.165, 1.54) is 0 Å². The second-order valence-electron chi connectivity index (χ2n) is 2.79. The van der Waals surface area contributed by atoms with Crippen molar-refractivity contribution in [1.29, 1.82) is 5.26 Å². The molecule has 0 aromatic carbocycles. The number of aromatic nitrogens is 1. The molecule has 0 saturated heterocycles. The Kier molecular flexibility index (Phi) is 3.81. The molecule has 1 aromatic rings. The number of methoxy groups -OCH3 is 1. The summed E-state index contributed by atoms with van der Waals surface area (Å²) in [6, 6.07) is 2.07. The van der Waals surface area contributed by atoms with Crippen LogP contribution in [0.25, 0.3) is 0 Å². The molecule has 74 valence electrons.